The SMILES string of the molecule is CCCNC(=O)CN(c1cccc(C(F)(F)F)c1)S(C)(=O)=O. The molecule has 0 saturated heterocycles. The third-order valence-corrected chi connectivity index (χ3v) is 3.86. The Kier molecular flexibility index (Phi) is 5.81. The van der Waals surface area contributed by atoms with Crippen molar-refractivity contribution in [1.29, 1.82) is 0 Å². The lowest BCUT2D eigenvalue weighted by Crippen LogP contribution is -2.40. The van der Waals surface area contributed by atoms with E-state index in [0.717, 1.165) is 18.4 Å². The third kappa shape index (κ3) is 5.21. The van der Waals surface area contributed by atoms with Crippen molar-refractivity contribution in [1.82, 2.24) is 5.32 Å². The van der Waals surface area contributed by atoms with Gasteiger partial charge >= 0.3 is 6.18 Å². The number of benzene rings is 1. The number of halogens is 3. The lowest BCUT2D eigenvalue weighted by Gasteiger charge is -2.22. The van der Waals surface area contributed by atoms with Crippen LogP contribution in [-0.2, 0) is 21.0 Å². The summed E-state index contributed by atoms with van der Waals surface area (Å²) in [5.74, 6) is -0.579. The molecule has 0 saturated carbocycles. The highest BCUT2D eigenvalue weighted by Crippen LogP contribution is 2.32. The van der Waals surface area contributed by atoms with Gasteiger partial charge in [0.25, 0.3) is 0 Å². The van der Waals surface area contributed by atoms with E-state index in [9.17, 15) is 26.4 Å². The Morgan fingerprint density at radius 2 is 1.95 bits per heavy atom. The van der Waals surface area contributed by atoms with Crippen molar-refractivity contribution >= 4 is 21.6 Å². The second-order valence-corrected chi connectivity index (χ2v) is 6.57. The summed E-state index contributed by atoms with van der Waals surface area (Å²) < 4.78 is 62.3. The zero-order chi connectivity index (χ0) is 17.0. The van der Waals surface area contributed by atoms with Crippen molar-refractivity contribution in [3.8, 4) is 0 Å². The number of hydrogen-bond acceptors (Lipinski definition) is 3. The molecule has 0 bridgehead atoms. The first kappa shape index (κ1) is 18.3. The van der Waals surface area contributed by atoms with Crippen LogP contribution >= 0.6 is 0 Å². The smallest absolute Gasteiger partial charge is 0.355 e. The van der Waals surface area contributed by atoms with Crippen LogP contribution in [0.3, 0.4) is 0 Å². The highest BCUT2D eigenvalue weighted by molar-refractivity contribution is 7.92. The summed E-state index contributed by atoms with van der Waals surface area (Å²) in [4.78, 5) is 11.7. The van der Waals surface area contributed by atoms with Crippen LogP contribution in [-0.4, -0.2) is 33.7 Å². The van der Waals surface area contributed by atoms with Crippen LogP contribution in [0.25, 0.3) is 0 Å². The molecule has 0 heterocycles. The number of alkyl halides is 3. The third-order valence-electron chi connectivity index (χ3n) is 2.72. The second-order valence-electron chi connectivity index (χ2n) is 4.67. The molecule has 1 N–H and O–H groups in total. The molecule has 0 aliphatic rings. The van der Waals surface area contributed by atoms with Gasteiger partial charge in [0.05, 0.1) is 17.5 Å². The molecule has 22 heavy (non-hydrogen) atoms. The van der Waals surface area contributed by atoms with Crippen molar-refractivity contribution in [3.05, 3.63) is 29.8 Å². The number of carbonyl (C=O) groups excluding carboxylic acids is 1. The minimum absolute atomic E-state index is 0.205. The predicted octanol–water partition coefficient (Wildman–Crippen LogP) is 2.00. The number of hydrogen-bond donors (Lipinski definition) is 1. The molecular formula is C13H17F3N2O3S. The Bertz CT molecular complexity index is 630. The molecular weight excluding hydrogens is 321 g/mol. The maximum atomic E-state index is 12.7. The highest BCUT2D eigenvalue weighted by Gasteiger charge is 2.31. The number of sulfonamides is 1. The Morgan fingerprint density at radius 3 is 2.45 bits per heavy atom. The van der Waals surface area contributed by atoms with E-state index in [2.05, 4.69) is 5.32 Å². The van der Waals surface area contributed by atoms with Crippen molar-refractivity contribution in [3.63, 3.8) is 0 Å². The summed E-state index contributed by atoms with van der Waals surface area (Å²) in [7, 11) is -3.90. The lowest BCUT2D eigenvalue weighted by atomic mass is 10.2. The van der Waals surface area contributed by atoms with Crippen LogP contribution in [0.5, 0.6) is 0 Å². The maximum Gasteiger partial charge on any atom is 0.416 e. The van der Waals surface area contributed by atoms with E-state index in [1.165, 1.54) is 6.07 Å². The van der Waals surface area contributed by atoms with E-state index in [1.807, 2.05) is 6.92 Å². The minimum Gasteiger partial charge on any atom is -0.355 e. The van der Waals surface area contributed by atoms with Crippen LogP contribution in [0.4, 0.5) is 18.9 Å². The second kappa shape index (κ2) is 6.99. The standard InChI is InChI=1S/C13H17F3N2O3S/c1-3-7-17-12(19)9-18(22(2,20)21)11-6-4-5-10(8-11)13(14,15)16/h4-6,8H,3,7,9H2,1-2H3,(H,17,19). The summed E-state index contributed by atoms with van der Waals surface area (Å²) in [5, 5.41) is 2.48. The van der Waals surface area contributed by atoms with Crippen molar-refractivity contribution in [2.45, 2.75) is 19.5 Å². The van der Waals surface area contributed by atoms with Gasteiger partial charge in [0.2, 0.25) is 15.9 Å². The molecule has 0 fully saturated rings. The first-order valence-corrected chi connectivity index (χ1v) is 8.32. The molecule has 0 unspecified atom stereocenters. The van der Waals surface area contributed by atoms with Gasteiger partial charge in [0.1, 0.15) is 6.54 Å². The molecule has 0 atom stereocenters. The largest absolute Gasteiger partial charge is 0.416 e. The lowest BCUT2D eigenvalue weighted by molar-refractivity contribution is -0.137. The van der Waals surface area contributed by atoms with Crippen LogP contribution in [0.2, 0.25) is 0 Å². The quantitative estimate of drug-likeness (QED) is 0.863. The van der Waals surface area contributed by atoms with Crippen LogP contribution in [0, 0.1) is 0 Å². The summed E-state index contributed by atoms with van der Waals surface area (Å²) in [6.07, 6.45) is -3.10. The van der Waals surface area contributed by atoms with Crippen molar-refractivity contribution in [2.75, 3.05) is 23.7 Å². The number of carbonyl (C=O) groups is 1. The molecule has 1 aromatic rings. The Hall–Kier alpha value is -1.77. The molecule has 1 amide bonds. The maximum absolute atomic E-state index is 12.7. The minimum atomic E-state index is -4.59. The highest BCUT2D eigenvalue weighted by atomic mass is 32.2. The summed E-state index contributed by atoms with van der Waals surface area (Å²) in [6.45, 7) is 1.61. The zero-order valence-corrected chi connectivity index (χ0v) is 13.0. The van der Waals surface area contributed by atoms with Gasteiger partial charge in [0.15, 0.2) is 0 Å². The molecule has 124 valence electrons. The summed E-state index contributed by atoms with van der Waals surface area (Å²) in [6, 6.07) is 3.85. The van der Waals surface area contributed by atoms with Gasteiger partial charge in [-0.15, -0.1) is 0 Å². The average molecular weight is 338 g/mol. The van der Waals surface area contributed by atoms with E-state index in [-0.39, 0.29) is 5.69 Å². The Labute approximate surface area is 127 Å². The normalized spacial score (nSPS) is 12.0. The van der Waals surface area contributed by atoms with Crippen LogP contribution < -0.4 is 9.62 Å². The molecule has 0 aromatic heterocycles. The fourth-order valence-corrected chi connectivity index (χ4v) is 2.54. The molecule has 1 rings (SSSR count). The van der Waals surface area contributed by atoms with E-state index < -0.39 is 34.2 Å². The molecule has 5 nitrogen and oxygen atoms in total. The van der Waals surface area contributed by atoms with Crippen LogP contribution in [0.15, 0.2) is 24.3 Å². The Balaban J connectivity index is 3.11. The van der Waals surface area contributed by atoms with Crippen LogP contribution in [0.1, 0.15) is 18.9 Å². The van der Waals surface area contributed by atoms with E-state index >= 15 is 0 Å². The first-order valence-electron chi connectivity index (χ1n) is 6.47. The predicted molar refractivity (Wildman–Crippen MR) is 76.9 cm³/mol. The fourth-order valence-electron chi connectivity index (χ4n) is 1.69. The van der Waals surface area contributed by atoms with E-state index in [4.69, 9.17) is 0 Å². The number of rotatable bonds is 6. The van der Waals surface area contributed by atoms with Gasteiger partial charge < -0.3 is 5.32 Å². The first-order chi connectivity index (χ1) is 10.1. The molecule has 0 aliphatic carbocycles. The molecule has 1 aromatic carbocycles. The van der Waals surface area contributed by atoms with E-state index in [1.54, 1.807) is 0 Å². The van der Waals surface area contributed by atoms with Crippen molar-refractivity contribution < 1.29 is 26.4 Å². The number of anilines is 1. The Morgan fingerprint density at radius 1 is 1.32 bits per heavy atom. The van der Waals surface area contributed by atoms with E-state index in [0.29, 0.717) is 23.3 Å². The van der Waals surface area contributed by atoms with Gasteiger partial charge in [-0.05, 0) is 24.6 Å². The number of nitrogens with one attached hydrogen (secondary N) is 1. The molecule has 9 heteroatoms. The summed E-state index contributed by atoms with van der Waals surface area (Å²) in [5.41, 5.74) is -1.18. The average Bonchev–Trinajstić information content (AvgIpc) is 2.40. The van der Waals surface area contributed by atoms with Gasteiger partial charge in [0, 0.05) is 6.54 Å². The van der Waals surface area contributed by atoms with Gasteiger partial charge in [-0.1, -0.05) is 13.0 Å². The molecule has 0 aliphatic heterocycles. The molecule has 0 radical (unpaired) electrons. The van der Waals surface area contributed by atoms with Crippen molar-refractivity contribution in [2.24, 2.45) is 0 Å². The number of amides is 1. The van der Waals surface area contributed by atoms with Gasteiger partial charge in [-0.25, -0.2) is 8.42 Å². The number of nitrogens with zero attached hydrogens (tertiary/aromatic N) is 1. The topological polar surface area (TPSA) is 66.5 Å². The molecule has 0 spiro atoms. The zero-order valence-electron chi connectivity index (χ0n) is 12.1. The summed E-state index contributed by atoms with van der Waals surface area (Å²) >= 11 is 0. The van der Waals surface area contributed by atoms with Gasteiger partial charge in [-0.3, -0.25) is 9.10 Å². The van der Waals surface area contributed by atoms with Gasteiger partial charge in [-0.2, -0.15) is 13.2 Å². The monoisotopic (exact) mass is 338 g/mol. The fraction of sp³-hybridized carbons (Fsp3) is 0.462.